The van der Waals surface area contributed by atoms with Crippen LogP contribution in [0.4, 0.5) is 0 Å². The van der Waals surface area contributed by atoms with Crippen molar-refractivity contribution in [2.24, 2.45) is 0 Å². The second-order valence-electron chi connectivity index (χ2n) is 17.8. The third-order valence-corrected chi connectivity index (χ3v) is 11.2. The van der Waals surface area contributed by atoms with Gasteiger partial charge >= 0.3 is 23.9 Å². The molecule has 0 saturated heterocycles. The van der Waals surface area contributed by atoms with E-state index < -0.39 is 17.2 Å². The highest BCUT2D eigenvalue weighted by Gasteiger charge is 2.25. The zero-order chi connectivity index (χ0) is 44.4. The maximum atomic E-state index is 12.8. The van der Waals surface area contributed by atoms with Crippen LogP contribution in [0, 0.1) is 0 Å². The van der Waals surface area contributed by atoms with E-state index in [2.05, 4.69) is 25.6 Å². The lowest BCUT2D eigenvalue weighted by Crippen LogP contribution is -2.28. The largest absolute Gasteiger partial charge is 0.494 e. The van der Waals surface area contributed by atoms with E-state index >= 15 is 0 Å². The summed E-state index contributed by atoms with van der Waals surface area (Å²) in [5.74, 6) is 0.651. The number of hydrogen-bond acceptors (Lipinski definition) is 10. The summed E-state index contributed by atoms with van der Waals surface area (Å²) in [7, 11) is 0. The summed E-state index contributed by atoms with van der Waals surface area (Å²) in [6, 6.07) is 14.9. The SMILES string of the molecule is C=CC(=O)OCCCCCCOc1ccc(C(=O)Oc2ccc(C3CCC(OCCCCCCC(C)(C)OC(=O)CCCCCC(C)(C)OC(=O)CCCC)CC3)cc2)cc1. The Hall–Kier alpha value is -4.18. The van der Waals surface area contributed by atoms with E-state index in [0.717, 1.165) is 129 Å². The van der Waals surface area contributed by atoms with Crippen LogP contribution in [-0.2, 0) is 33.3 Å². The van der Waals surface area contributed by atoms with E-state index in [1.54, 1.807) is 24.3 Å². The highest BCUT2D eigenvalue weighted by molar-refractivity contribution is 5.91. The van der Waals surface area contributed by atoms with Crippen molar-refractivity contribution in [1.29, 1.82) is 0 Å². The number of carbonyl (C=O) groups excluding carboxylic acids is 4. The Bertz CT molecular complexity index is 1570. The van der Waals surface area contributed by atoms with Crippen LogP contribution < -0.4 is 9.47 Å². The van der Waals surface area contributed by atoms with Crippen molar-refractivity contribution in [1.82, 2.24) is 0 Å². The van der Waals surface area contributed by atoms with Crippen LogP contribution in [0.15, 0.2) is 61.2 Å². The fourth-order valence-electron chi connectivity index (χ4n) is 7.60. The normalized spacial score (nSPS) is 15.4. The molecule has 0 spiro atoms. The van der Waals surface area contributed by atoms with E-state index in [9.17, 15) is 19.2 Å². The topological polar surface area (TPSA) is 124 Å². The van der Waals surface area contributed by atoms with Gasteiger partial charge in [-0.15, -0.1) is 0 Å². The van der Waals surface area contributed by atoms with Crippen molar-refractivity contribution < 1.29 is 47.6 Å². The molecule has 10 heteroatoms. The molecule has 0 aliphatic heterocycles. The molecule has 2 aromatic carbocycles. The van der Waals surface area contributed by atoms with Gasteiger partial charge in [-0.1, -0.05) is 51.3 Å². The van der Waals surface area contributed by atoms with Gasteiger partial charge in [-0.25, -0.2) is 9.59 Å². The molecule has 340 valence electrons. The zero-order valence-corrected chi connectivity index (χ0v) is 38.1. The molecule has 0 radical (unpaired) electrons. The molecule has 0 bridgehead atoms. The molecule has 1 aliphatic rings. The predicted octanol–water partition coefficient (Wildman–Crippen LogP) is 12.4. The lowest BCUT2D eigenvalue weighted by atomic mass is 9.83. The van der Waals surface area contributed by atoms with Crippen LogP contribution in [0.5, 0.6) is 11.5 Å². The summed E-state index contributed by atoms with van der Waals surface area (Å²) in [6.45, 7) is 15.1. The smallest absolute Gasteiger partial charge is 0.343 e. The van der Waals surface area contributed by atoms with Crippen LogP contribution in [0.25, 0.3) is 0 Å². The Morgan fingerprint density at radius 1 is 0.623 bits per heavy atom. The van der Waals surface area contributed by atoms with Crippen molar-refractivity contribution in [2.45, 2.75) is 193 Å². The Morgan fingerprint density at radius 2 is 1.15 bits per heavy atom. The average molecular weight is 849 g/mol. The van der Waals surface area contributed by atoms with Gasteiger partial charge in [0.15, 0.2) is 0 Å². The molecule has 0 atom stereocenters. The summed E-state index contributed by atoms with van der Waals surface area (Å²) < 4.78 is 34.2. The van der Waals surface area contributed by atoms with Crippen molar-refractivity contribution in [3.63, 3.8) is 0 Å². The first-order chi connectivity index (χ1) is 29.3. The third-order valence-electron chi connectivity index (χ3n) is 11.2. The molecule has 3 rings (SSSR count). The van der Waals surface area contributed by atoms with Crippen LogP contribution >= 0.6 is 0 Å². The second-order valence-corrected chi connectivity index (χ2v) is 17.8. The molecule has 1 saturated carbocycles. The minimum absolute atomic E-state index is 0.124. The van der Waals surface area contributed by atoms with Crippen molar-refractivity contribution in [3.8, 4) is 11.5 Å². The number of hydrogen-bond donors (Lipinski definition) is 0. The fraction of sp³-hybridized carbons (Fsp3) is 0.647. The predicted molar refractivity (Wildman–Crippen MR) is 240 cm³/mol. The van der Waals surface area contributed by atoms with E-state index in [4.69, 9.17) is 28.4 Å². The maximum absolute atomic E-state index is 12.8. The average Bonchev–Trinajstić information content (AvgIpc) is 3.23. The van der Waals surface area contributed by atoms with Gasteiger partial charge in [0.1, 0.15) is 22.7 Å². The van der Waals surface area contributed by atoms with Crippen LogP contribution in [0.2, 0.25) is 0 Å². The lowest BCUT2D eigenvalue weighted by Gasteiger charge is -2.29. The molecule has 10 nitrogen and oxygen atoms in total. The van der Waals surface area contributed by atoms with Gasteiger partial charge in [-0.3, -0.25) is 9.59 Å². The number of esters is 4. The summed E-state index contributed by atoms with van der Waals surface area (Å²) in [5, 5.41) is 0. The molecule has 61 heavy (non-hydrogen) atoms. The van der Waals surface area contributed by atoms with Crippen molar-refractivity contribution in [3.05, 3.63) is 72.3 Å². The van der Waals surface area contributed by atoms with Gasteiger partial charge in [-0.2, -0.15) is 0 Å². The van der Waals surface area contributed by atoms with Gasteiger partial charge in [0.2, 0.25) is 0 Å². The Balaban J connectivity index is 1.19. The molecule has 1 fully saturated rings. The molecule has 0 heterocycles. The van der Waals surface area contributed by atoms with Crippen LogP contribution in [0.1, 0.15) is 191 Å². The van der Waals surface area contributed by atoms with Crippen LogP contribution in [0.3, 0.4) is 0 Å². The summed E-state index contributed by atoms with van der Waals surface area (Å²) >= 11 is 0. The molecule has 0 amide bonds. The second kappa shape index (κ2) is 28.4. The molecule has 0 aromatic heterocycles. The van der Waals surface area contributed by atoms with Crippen molar-refractivity contribution >= 4 is 23.9 Å². The van der Waals surface area contributed by atoms with Gasteiger partial charge in [0.25, 0.3) is 0 Å². The number of ether oxygens (including phenoxy) is 6. The van der Waals surface area contributed by atoms with E-state index in [-0.39, 0.29) is 17.9 Å². The fourth-order valence-corrected chi connectivity index (χ4v) is 7.60. The van der Waals surface area contributed by atoms with E-state index in [1.165, 1.54) is 11.6 Å². The van der Waals surface area contributed by atoms with E-state index in [0.29, 0.717) is 55.1 Å². The number of benzene rings is 2. The minimum atomic E-state index is -0.470. The monoisotopic (exact) mass is 849 g/mol. The van der Waals surface area contributed by atoms with Gasteiger partial charge in [0, 0.05) is 25.5 Å². The summed E-state index contributed by atoms with van der Waals surface area (Å²) in [5.41, 5.74) is 0.793. The molecule has 1 aliphatic carbocycles. The summed E-state index contributed by atoms with van der Waals surface area (Å²) in [4.78, 5) is 48.3. The van der Waals surface area contributed by atoms with Gasteiger partial charge < -0.3 is 28.4 Å². The molecule has 0 unspecified atom stereocenters. The zero-order valence-electron chi connectivity index (χ0n) is 38.1. The first-order valence-corrected chi connectivity index (χ1v) is 23.2. The highest BCUT2D eigenvalue weighted by atomic mass is 16.6. The highest BCUT2D eigenvalue weighted by Crippen LogP contribution is 2.35. The molecule has 0 N–H and O–H groups in total. The van der Waals surface area contributed by atoms with E-state index in [1.807, 2.05) is 39.8 Å². The standard InChI is InChI=1S/C51H76O10/c1-7-9-21-47(53)60-51(5,6)36-17-14-15-22-48(54)61-50(3,4)35-16-10-11-18-37-56-43-29-23-40(24-30-43)41-25-33-45(34-26-41)59-49(55)42-27-31-44(32-28-42)57-38-19-12-13-20-39-58-46(52)8-2/h8,25-28,31-34,40,43H,2,7,9-24,29-30,35-39H2,1,3-6H3. The summed E-state index contributed by atoms with van der Waals surface area (Å²) in [6.07, 6.45) is 20.5. The van der Waals surface area contributed by atoms with Gasteiger partial charge in [0.05, 0.1) is 24.9 Å². The minimum Gasteiger partial charge on any atom is -0.494 e. The first kappa shape index (κ1) is 51.2. The Kier molecular flexibility index (Phi) is 23.8. The first-order valence-electron chi connectivity index (χ1n) is 23.2. The number of rotatable bonds is 31. The number of carbonyl (C=O) groups is 4. The molecular weight excluding hydrogens is 773 g/mol. The third kappa shape index (κ3) is 22.5. The van der Waals surface area contributed by atoms with Gasteiger partial charge in [-0.05, 0) is 172 Å². The number of unbranched alkanes of at least 4 members (excludes halogenated alkanes) is 9. The Morgan fingerprint density at radius 3 is 1.74 bits per heavy atom. The van der Waals surface area contributed by atoms with Crippen LogP contribution in [-0.4, -0.2) is 61.0 Å². The van der Waals surface area contributed by atoms with Crippen molar-refractivity contribution in [2.75, 3.05) is 19.8 Å². The lowest BCUT2D eigenvalue weighted by molar-refractivity contribution is -0.157. The molecule has 2 aromatic rings. The maximum Gasteiger partial charge on any atom is 0.343 e. The molecular formula is C51H76O10. The Labute approximate surface area is 366 Å². The quantitative estimate of drug-likeness (QED) is 0.0238.